The van der Waals surface area contributed by atoms with Gasteiger partial charge in [-0.2, -0.15) is 0 Å². The van der Waals surface area contributed by atoms with Gasteiger partial charge in [-0.05, 0) is 60.4 Å². The second-order valence-electron chi connectivity index (χ2n) is 8.90. The van der Waals surface area contributed by atoms with E-state index in [4.69, 9.17) is 4.42 Å². The minimum absolute atomic E-state index is 0.0233. The van der Waals surface area contributed by atoms with E-state index in [9.17, 15) is 13.6 Å². The fraction of sp³-hybridized carbons (Fsp3) is 0.250. The molecule has 0 N–H and O–H groups in total. The molecule has 35 heavy (non-hydrogen) atoms. The molecule has 1 saturated heterocycles. The Morgan fingerprint density at radius 2 is 1.63 bits per heavy atom. The Hall–Kier alpha value is -3.87. The molecule has 5 rings (SSSR count). The molecule has 178 valence electrons. The molecule has 1 aliphatic rings. The number of rotatable bonds is 6. The first-order chi connectivity index (χ1) is 17.0. The van der Waals surface area contributed by atoms with Gasteiger partial charge in [-0.25, -0.2) is 13.8 Å². The smallest absolute Gasteiger partial charge is 0.253 e. The summed E-state index contributed by atoms with van der Waals surface area (Å²) in [5, 5.41) is 0. The fourth-order valence-corrected chi connectivity index (χ4v) is 4.46. The predicted molar refractivity (Wildman–Crippen MR) is 127 cm³/mol. The van der Waals surface area contributed by atoms with Crippen LogP contribution in [0.3, 0.4) is 0 Å². The summed E-state index contributed by atoms with van der Waals surface area (Å²) in [6, 6.07) is 16.2. The first-order valence-corrected chi connectivity index (χ1v) is 11.7. The number of nitrogens with zero attached hydrogens (tertiary/aromatic N) is 3. The van der Waals surface area contributed by atoms with Crippen molar-refractivity contribution in [3.63, 3.8) is 0 Å². The second-order valence-corrected chi connectivity index (χ2v) is 8.90. The Morgan fingerprint density at radius 3 is 2.34 bits per heavy atom. The van der Waals surface area contributed by atoms with E-state index in [1.165, 1.54) is 24.3 Å². The van der Waals surface area contributed by atoms with E-state index >= 15 is 0 Å². The van der Waals surface area contributed by atoms with Crippen LogP contribution in [0.25, 0.3) is 0 Å². The molecule has 0 aliphatic carbocycles. The van der Waals surface area contributed by atoms with Crippen LogP contribution in [0.2, 0.25) is 0 Å². The van der Waals surface area contributed by atoms with Crippen molar-refractivity contribution in [2.45, 2.75) is 31.6 Å². The van der Waals surface area contributed by atoms with Crippen molar-refractivity contribution in [1.82, 2.24) is 14.9 Å². The third kappa shape index (κ3) is 5.62. The van der Waals surface area contributed by atoms with Gasteiger partial charge in [0.2, 0.25) is 0 Å². The quantitative estimate of drug-likeness (QED) is 0.369. The maximum Gasteiger partial charge on any atom is 0.253 e. The zero-order chi connectivity index (χ0) is 24.2. The molecule has 1 amide bonds. The normalized spacial score (nSPS) is 15.8. The monoisotopic (exact) mass is 473 g/mol. The highest BCUT2D eigenvalue weighted by Gasteiger charge is 2.28. The number of amides is 1. The van der Waals surface area contributed by atoms with Crippen molar-refractivity contribution < 1.29 is 18.0 Å². The number of pyridine rings is 1. The van der Waals surface area contributed by atoms with Gasteiger partial charge in [0.1, 0.15) is 17.4 Å². The zero-order valence-corrected chi connectivity index (χ0v) is 19.2. The van der Waals surface area contributed by atoms with Gasteiger partial charge in [0.15, 0.2) is 5.89 Å². The summed E-state index contributed by atoms with van der Waals surface area (Å²) in [4.78, 5) is 24.0. The van der Waals surface area contributed by atoms with E-state index in [-0.39, 0.29) is 23.5 Å². The first kappa shape index (κ1) is 22.9. The first-order valence-electron chi connectivity index (χ1n) is 11.7. The molecule has 1 aliphatic heterocycles. The number of piperidine rings is 1. The number of carbonyl (C=O) groups excluding carboxylic acids is 1. The predicted octanol–water partition coefficient (Wildman–Crippen LogP) is 5.55. The number of oxazole rings is 1. The minimum atomic E-state index is -0.279. The number of aromatic nitrogens is 2. The van der Waals surface area contributed by atoms with Crippen LogP contribution in [0.1, 0.15) is 57.6 Å². The molecule has 3 heterocycles. The van der Waals surface area contributed by atoms with Gasteiger partial charge >= 0.3 is 0 Å². The van der Waals surface area contributed by atoms with Crippen molar-refractivity contribution in [3.8, 4) is 0 Å². The molecule has 0 spiro atoms. The molecule has 5 nitrogen and oxygen atoms in total. The van der Waals surface area contributed by atoms with Gasteiger partial charge < -0.3 is 9.32 Å². The molecule has 4 aromatic rings. The lowest BCUT2D eigenvalue weighted by atomic mass is 9.97. The highest BCUT2D eigenvalue weighted by Crippen LogP contribution is 2.28. The average molecular weight is 474 g/mol. The lowest BCUT2D eigenvalue weighted by Gasteiger charge is -2.31. The van der Waals surface area contributed by atoms with Crippen molar-refractivity contribution in [1.29, 1.82) is 0 Å². The molecular formula is C28H25F2N3O2. The zero-order valence-electron chi connectivity index (χ0n) is 19.2. The van der Waals surface area contributed by atoms with E-state index in [0.717, 1.165) is 35.4 Å². The summed E-state index contributed by atoms with van der Waals surface area (Å²) in [6.45, 7) is 1.21. The number of hydrogen-bond donors (Lipinski definition) is 0. The van der Waals surface area contributed by atoms with Crippen LogP contribution in [0.5, 0.6) is 0 Å². The van der Waals surface area contributed by atoms with Crippen molar-refractivity contribution in [3.05, 3.63) is 119 Å². The topological polar surface area (TPSA) is 59.2 Å². The molecule has 1 fully saturated rings. The van der Waals surface area contributed by atoms with E-state index in [0.29, 0.717) is 37.4 Å². The summed E-state index contributed by atoms with van der Waals surface area (Å²) in [5.74, 6) is 0.779. The van der Waals surface area contributed by atoms with Crippen LogP contribution >= 0.6 is 0 Å². The van der Waals surface area contributed by atoms with Crippen LogP contribution in [0, 0.1) is 11.6 Å². The lowest BCUT2D eigenvalue weighted by Crippen LogP contribution is -2.39. The third-order valence-corrected chi connectivity index (χ3v) is 6.28. The molecule has 7 heteroatoms. The summed E-state index contributed by atoms with van der Waals surface area (Å²) in [6.07, 6.45) is 6.17. The Bertz CT molecular complexity index is 1300. The largest absolute Gasteiger partial charge is 0.445 e. The second kappa shape index (κ2) is 10.2. The maximum absolute atomic E-state index is 13.3. The van der Waals surface area contributed by atoms with Crippen LogP contribution in [-0.2, 0) is 12.8 Å². The van der Waals surface area contributed by atoms with E-state index < -0.39 is 0 Å². The summed E-state index contributed by atoms with van der Waals surface area (Å²) in [5.41, 5.74) is 3.22. The summed E-state index contributed by atoms with van der Waals surface area (Å²) < 4.78 is 32.3. The molecule has 0 unspecified atom stereocenters. The Kier molecular flexibility index (Phi) is 6.66. The fourth-order valence-electron chi connectivity index (χ4n) is 4.46. The van der Waals surface area contributed by atoms with Gasteiger partial charge in [-0.1, -0.05) is 24.3 Å². The van der Waals surface area contributed by atoms with Crippen LogP contribution in [0.4, 0.5) is 8.78 Å². The number of benzene rings is 2. The average Bonchev–Trinajstić information content (AvgIpc) is 3.35. The molecule has 1 atom stereocenters. The number of likely N-dealkylation sites (tertiary alicyclic amines) is 1. The van der Waals surface area contributed by atoms with E-state index in [1.54, 1.807) is 48.8 Å². The molecule has 0 saturated carbocycles. The van der Waals surface area contributed by atoms with Crippen LogP contribution < -0.4 is 0 Å². The van der Waals surface area contributed by atoms with Crippen molar-refractivity contribution in [2.75, 3.05) is 13.1 Å². The summed E-state index contributed by atoms with van der Waals surface area (Å²) >= 11 is 0. The molecular weight excluding hydrogens is 448 g/mol. The highest BCUT2D eigenvalue weighted by atomic mass is 19.1. The van der Waals surface area contributed by atoms with Gasteiger partial charge in [0.05, 0.1) is 12.1 Å². The Morgan fingerprint density at radius 1 is 0.943 bits per heavy atom. The van der Waals surface area contributed by atoms with E-state index in [2.05, 4.69) is 9.97 Å². The molecule has 2 aromatic carbocycles. The molecule has 0 radical (unpaired) electrons. The van der Waals surface area contributed by atoms with Gasteiger partial charge in [0, 0.05) is 43.4 Å². The van der Waals surface area contributed by atoms with Crippen LogP contribution in [-0.4, -0.2) is 33.9 Å². The SMILES string of the molecule is O=C(c1ccnc(Cc2ccc(F)cc2)c1)N1CCC[C@H](c2ncc(Cc3ccc(F)cc3)o2)C1. The van der Waals surface area contributed by atoms with E-state index in [1.807, 2.05) is 4.90 Å². The Labute approximate surface area is 202 Å². The Balaban J connectivity index is 1.24. The summed E-state index contributed by atoms with van der Waals surface area (Å²) in [7, 11) is 0. The number of halogens is 2. The lowest BCUT2D eigenvalue weighted by molar-refractivity contribution is 0.0697. The number of carbonyl (C=O) groups is 1. The minimum Gasteiger partial charge on any atom is -0.445 e. The van der Waals surface area contributed by atoms with Gasteiger partial charge in [-0.3, -0.25) is 9.78 Å². The molecule has 2 aromatic heterocycles. The highest BCUT2D eigenvalue weighted by molar-refractivity contribution is 5.94. The standard InChI is InChI=1S/C28H25F2N3O2/c29-23-7-3-19(4-8-23)14-25-16-21(11-12-31-25)28(34)33-13-1-2-22(18-33)27-32-17-26(35-27)15-20-5-9-24(30)10-6-20/h3-12,16-17,22H,1-2,13-15,18H2/t22-/m0/s1. The third-order valence-electron chi connectivity index (χ3n) is 6.28. The van der Waals surface area contributed by atoms with Crippen molar-refractivity contribution in [2.24, 2.45) is 0 Å². The molecule has 0 bridgehead atoms. The van der Waals surface area contributed by atoms with Gasteiger partial charge in [-0.15, -0.1) is 0 Å². The van der Waals surface area contributed by atoms with Crippen LogP contribution in [0.15, 0.2) is 77.5 Å². The van der Waals surface area contributed by atoms with Gasteiger partial charge in [0.25, 0.3) is 5.91 Å². The maximum atomic E-state index is 13.3. The number of hydrogen-bond acceptors (Lipinski definition) is 4. The van der Waals surface area contributed by atoms with Crippen molar-refractivity contribution >= 4 is 5.91 Å².